The average molecular weight is 1320 g/mol. The van der Waals surface area contributed by atoms with Gasteiger partial charge in [0.25, 0.3) is 0 Å². The molecule has 94 heavy (non-hydrogen) atoms. The molecule has 8 heterocycles. The Morgan fingerprint density at radius 2 is 0.947 bits per heavy atom. The summed E-state index contributed by atoms with van der Waals surface area (Å²) in [5.74, 6) is -2.59. The second-order valence-electron chi connectivity index (χ2n) is 21.7. The molecule has 0 spiro atoms. The molecule has 480 valence electrons. The fraction of sp³-hybridized carbons (Fsp3) is 0.212. The molecule has 0 atom stereocenters. The number of carbonyl (C=O) groups is 2. The van der Waals surface area contributed by atoms with Gasteiger partial charge in [0.05, 0.1) is 105 Å². The van der Waals surface area contributed by atoms with Gasteiger partial charge in [0.1, 0.15) is 48.1 Å². The standard InChI is InChI=1S/2C33H28ClF2N7O4/c2*1-19(2)46-11-10-42-29-13-20(33(44)45)6-7-28(29)39-31(42)14-21-12-26(36)23(15-25(21)35)27-4-3-5-32(40-27)47-18-22-17-37-30(16-24(22)34)43-9-8-38-41-43/h2*3-9,12-13,15-17,19H,10-11,14,18H2,1-2H3,(H,44,45). The summed E-state index contributed by atoms with van der Waals surface area (Å²) in [6, 6.07) is 26.4. The number of imidazole rings is 2. The van der Waals surface area contributed by atoms with Crippen LogP contribution in [0.4, 0.5) is 17.6 Å². The molecule has 0 radical (unpaired) electrons. The van der Waals surface area contributed by atoms with E-state index in [-0.39, 0.29) is 94.8 Å². The number of aromatic carboxylic acids is 2. The molecule has 4 aromatic carbocycles. The Bertz CT molecular complexity index is 4430. The van der Waals surface area contributed by atoms with Crippen LogP contribution >= 0.6 is 23.2 Å². The summed E-state index contributed by atoms with van der Waals surface area (Å²) in [6.07, 6.45) is 9.30. The lowest BCUT2D eigenvalue weighted by Crippen LogP contribution is -2.13. The van der Waals surface area contributed by atoms with E-state index < -0.39 is 35.2 Å². The van der Waals surface area contributed by atoms with Crippen molar-refractivity contribution in [3.8, 4) is 45.9 Å². The molecular weight excluding hydrogens is 1260 g/mol. The fourth-order valence-electron chi connectivity index (χ4n) is 9.94. The first-order valence-electron chi connectivity index (χ1n) is 29.2. The Morgan fingerprint density at radius 1 is 0.521 bits per heavy atom. The Kier molecular flexibility index (Phi) is 20.0. The lowest BCUT2D eigenvalue weighted by Gasteiger charge is -2.13. The van der Waals surface area contributed by atoms with Crippen LogP contribution in [0.25, 0.3) is 56.2 Å². The van der Waals surface area contributed by atoms with E-state index in [0.717, 1.165) is 24.3 Å². The number of ether oxygens (including phenoxy) is 4. The maximum atomic E-state index is 15.6. The van der Waals surface area contributed by atoms with Crippen LogP contribution in [0.2, 0.25) is 10.0 Å². The topological polar surface area (TPSA) is 260 Å². The van der Waals surface area contributed by atoms with Crippen LogP contribution in [-0.4, -0.2) is 117 Å². The minimum atomic E-state index is -1.08. The molecule has 0 unspecified atom stereocenters. The van der Waals surface area contributed by atoms with E-state index in [2.05, 4.69) is 50.5 Å². The van der Waals surface area contributed by atoms with E-state index in [4.69, 9.17) is 42.1 Å². The summed E-state index contributed by atoms with van der Waals surface area (Å²) in [5.41, 5.74) is 3.99. The Hall–Kier alpha value is -10.5. The molecule has 0 bridgehead atoms. The summed E-state index contributed by atoms with van der Waals surface area (Å²) in [5, 5.41) is 35.0. The summed E-state index contributed by atoms with van der Waals surface area (Å²) in [7, 11) is 0. The highest BCUT2D eigenvalue weighted by atomic mass is 35.5. The molecule has 22 nitrogen and oxygen atoms in total. The summed E-state index contributed by atoms with van der Waals surface area (Å²) in [6.45, 7) is 9.02. The zero-order valence-corrected chi connectivity index (χ0v) is 52.1. The van der Waals surface area contributed by atoms with Crippen LogP contribution in [0, 0.1) is 23.3 Å². The third kappa shape index (κ3) is 15.3. The number of hydrogen-bond acceptors (Lipinski definition) is 16. The third-order valence-electron chi connectivity index (χ3n) is 14.5. The Labute approximate surface area is 543 Å². The van der Waals surface area contributed by atoms with Crippen molar-refractivity contribution < 1.29 is 56.3 Å². The van der Waals surface area contributed by atoms with Gasteiger partial charge >= 0.3 is 11.9 Å². The summed E-state index contributed by atoms with van der Waals surface area (Å²) >= 11 is 12.8. The van der Waals surface area contributed by atoms with Crippen LogP contribution < -0.4 is 9.47 Å². The van der Waals surface area contributed by atoms with Crippen LogP contribution in [0.5, 0.6) is 11.8 Å². The molecule has 0 amide bonds. The quantitative estimate of drug-likeness (QED) is 0.0533. The van der Waals surface area contributed by atoms with Crippen molar-refractivity contribution in [1.29, 1.82) is 0 Å². The number of rotatable bonds is 24. The number of benzene rings is 4. The number of fused-ring (bicyclic) bond motifs is 2. The highest BCUT2D eigenvalue weighted by Gasteiger charge is 2.22. The predicted molar refractivity (Wildman–Crippen MR) is 337 cm³/mol. The van der Waals surface area contributed by atoms with Crippen molar-refractivity contribution in [3.63, 3.8) is 0 Å². The number of halogens is 6. The number of aromatic nitrogens is 14. The van der Waals surface area contributed by atoms with E-state index in [1.807, 2.05) is 27.7 Å². The van der Waals surface area contributed by atoms with Crippen molar-refractivity contribution in [2.45, 2.75) is 79.0 Å². The van der Waals surface area contributed by atoms with Gasteiger partial charge in [-0.05, 0) is 112 Å². The van der Waals surface area contributed by atoms with E-state index in [0.29, 0.717) is 92.8 Å². The second kappa shape index (κ2) is 29.0. The molecule has 0 aliphatic heterocycles. The first-order valence-corrected chi connectivity index (χ1v) is 29.9. The van der Waals surface area contributed by atoms with Crippen molar-refractivity contribution in [1.82, 2.24) is 69.0 Å². The zero-order valence-electron chi connectivity index (χ0n) is 50.5. The van der Waals surface area contributed by atoms with E-state index in [1.165, 1.54) is 46.0 Å². The van der Waals surface area contributed by atoms with Crippen molar-refractivity contribution in [2.24, 2.45) is 0 Å². The van der Waals surface area contributed by atoms with Crippen LogP contribution in [0.15, 0.2) is 146 Å². The van der Waals surface area contributed by atoms with Crippen molar-refractivity contribution in [2.75, 3.05) is 13.2 Å². The Morgan fingerprint density at radius 3 is 1.32 bits per heavy atom. The smallest absolute Gasteiger partial charge is 0.335 e. The van der Waals surface area contributed by atoms with Gasteiger partial charge in [-0.25, -0.2) is 66.4 Å². The Balaban J connectivity index is 0.000000192. The monoisotopic (exact) mass is 1320 g/mol. The molecule has 12 aromatic rings. The molecule has 0 saturated heterocycles. The number of nitrogens with zero attached hydrogens (tertiary/aromatic N) is 14. The summed E-state index contributed by atoms with van der Waals surface area (Å²) < 4.78 is 91.7. The first kappa shape index (κ1) is 65.0. The van der Waals surface area contributed by atoms with E-state index in [1.54, 1.807) is 94.6 Å². The lowest BCUT2D eigenvalue weighted by molar-refractivity contribution is 0.0686. The van der Waals surface area contributed by atoms with Crippen molar-refractivity contribution in [3.05, 3.63) is 225 Å². The minimum Gasteiger partial charge on any atom is -0.478 e. The fourth-order valence-corrected chi connectivity index (χ4v) is 10.3. The molecule has 0 aliphatic rings. The first-order chi connectivity index (χ1) is 45.3. The highest BCUT2D eigenvalue weighted by Crippen LogP contribution is 2.32. The van der Waals surface area contributed by atoms with Gasteiger partial charge in [0.2, 0.25) is 11.8 Å². The van der Waals surface area contributed by atoms with Crippen molar-refractivity contribution >= 4 is 57.2 Å². The number of carboxylic acid groups (broad SMARTS) is 2. The summed E-state index contributed by atoms with van der Waals surface area (Å²) in [4.78, 5) is 49.8. The number of carboxylic acids is 2. The molecule has 2 N–H and O–H groups in total. The van der Waals surface area contributed by atoms with E-state index in [9.17, 15) is 19.8 Å². The van der Waals surface area contributed by atoms with Crippen LogP contribution in [-0.2, 0) is 48.6 Å². The number of pyridine rings is 4. The van der Waals surface area contributed by atoms with Gasteiger partial charge < -0.3 is 38.3 Å². The molecular formula is C66H56Cl2F4N14O8. The SMILES string of the molecule is CC(C)OCCn1c(Cc2cc(F)c(-c3cccc(OCc4cnc(-n5ccnn5)cc4Cl)n3)cc2F)nc2ccc(C(=O)O)cc21.CC(C)OCCn1c(Cc2cc(F)c(-c3cccc(OCc4cnc(-n5ccnn5)cc4Cl)n3)cc2F)nc2ccc(C(=O)O)cc21. The zero-order chi connectivity index (χ0) is 66.2. The number of hydrogen-bond donors (Lipinski definition) is 2. The van der Waals surface area contributed by atoms with Gasteiger partial charge in [0, 0.05) is 84.8 Å². The molecule has 0 saturated carbocycles. The van der Waals surface area contributed by atoms with Gasteiger partial charge in [-0.2, -0.15) is 0 Å². The predicted octanol–water partition coefficient (Wildman–Crippen LogP) is 12.6. The van der Waals surface area contributed by atoms with Crippen LogP contribution in [0.3, 0.4) is 0 Å². The molecule has 12 rings (SSSR count). The molecule has 0 fully saturated rings. The minimum absolute atomic E-state index is 0.0214. The normalized spacial score (nSPS) is 11.4. The lowest BCUT2D eigenvalue weighted by atomic mass is 10.0. The van der Waals surface area contributed by atoms with E-state index >= 15 is 17.6 Å². The largest absolute Gasteiger partial charge is 0.478 e. The average Bonchev–Trinajstić information content (AvgIpc) is 1.76. The van der Waals surface area contributed by atoms with Gasteiger partial charge in [-0.3, -0.25) is 0 Å². The van der Waals surface area contributed by atoms with Gasteiger partial charge in [-0.15, -0.1) is 10.2 Å². The highest BCUT2D eigenvalue weighted by molar-refractivity contribution is 6.31. The molecule has 28 heteroatoms. The maximum absolute atomic E-state index is 15.6. The molecule has 8 aromatic heterocycles. The maximum Gasteiger partial charge on any atom is 0.335 e. The van der Waals surface area contributed by atoms with Gasteiger partial charge in [0.15, 0.2) is 11.6 Å². The van der Waals surface area contributed by atoms with Crippen LogP contribution in [0.1, 0.15) is 82.3 Å². The molecule has 0 aliphatic carbocycles. The van der Waals surface area contributed by atoms with Gasteiger partial charge in [-0.1, -0.05) is 45.8 Å². The second-order valence-corrected chi connectivity index (χ2v) is 22.5. The third-order valence-corrected chi connectivity index (χ3v) is 15.2.